The molecule has 0 bridgehead atoms. The highest BCUT2D eigenvalue weighted by molar-refractivity contribution is 9.09. The second kappa shape index (κ2) is 6.09. The van der Waals surface area contributed by atoms with Crippen LogP contribution in [-0.4, -0.2) is 20.4 Å². The van der Waals surface area contributed by atoms with Crippen LogP contribution in [-0.2, 0) is 16.3 Å². The molecule has 0 aliphatic carbocycles. The lowest BCUT2D eigenvalue weighted by Gasteiger charge is -2.24. The van der Waals surface area contributed by atoms with E-state index in [-0.39, 0.29) is 5.44 Å². The molecule has 3 atom stereocenters. The Morgan fingerprint density at radius 1 is 1.93 bits per heavy atom. The summed E-state index contributed by atoms with van der Waals surface area (Å²) in [6.45, 7) is 3.52. The van der Waals surface area contributed by atoms with Gasteiger partial charge in [-0.25, -0.2) is 0 Å². The number of thioether (sulfide) groups is 1. The van der Waals surface area contributed by atoms with Crippen LogP contribution < -0.4 is 0 Å². The Labute approximate surface area is 107 Å². The zero-order valence-electron chi connectivity index (χ0n) is 7.68. The van der Waals surface area contributed by atoms with E-state index in [9.17, 15) is 4.89 Å². The Morgan fingerprint density at radius 3 is 2.71 bits per heavy atom. The predicted octanol–water partition coefficient (Wildman–Crippen LogP) is 2.91. The van der Waals surface area contributed by atoms with Crippen molar-refractivity contribution in [1.29, 1.82) is 5.26 Å². The first-order chi connectivity index (χ1) is 6.22. The highest BCUT2D eigenvalue weighted by Crippen LogP contribution is 2.51. The summed E-state index contributed by atoms with van der Waals surface area (Å²) >= 11 is 12.9. The molecule has 3 unspecified atom stereocenters. The summed E-state index contributed by atoms with van der Waals surface area (Å²) in [5, 5.41) is 9.40. The number of halogens is 1. The van der Waals surface area contributed by atoms with Gasteiger partial charge in [0.25, 0.3) is 0 Å². The van der Waals surface area contributed by atoms with E-state index in [4.69, 9.17) is 9.79 Å². The number of nitriles is 1. The second-order valence-corrected chi connectivity index (χ2v) is 10.2. The molecule has 0 rings (SSSR count). The summed E-state index contributed by atoms with van der Waals surface area (Å²) < 4.78 is 4.49. The van der Waals surface area contributed by atoms with E-state index in [2.05, 4.69) is 46.1 Å². The van der Waals surface area contributed by atoms with Crippen LogP contribution in [0.5, 0.6) is 0 Å². The molecule has 1 N–H and O–H groups in total. The standard InChI is InChI=1S/C6H11BrNO2PS3/c1-5(10-11(9,12)13)14-6(2,3-7)4-8/h5H,3H2,1-2H3,(H2,9,12,13). The number of hydrogen-bond donors (Lipinski definition) is 2. The Bertz CT molecular complexity index is 279. The first kappa shape index (κ1) is 15.2. The maximum atomic E-state index is 9.19. The molecule has 0 heterocycles. The molecule has 0 aliphatic rings. The molecule has 0 aromatic carbocycles. The quantitative estimate of drug-likeness (QED) is 0.350. The van der Waals surface area contributed by atoms with Gasteiger partial charge in [-0.05, 0) is 25.7 Å². The van der Waals surface area contributed by atoms with Gasteiger partial charge in [0.05, 0.1) is 6.07 Å². The van der Waals surface area contributed by atoms with E-state index in [1.807, 2.05) is 0 Å². The van der Waals surface area contributed by atoms with Gasteiger partial charge in [0.15, 0.2) is 0 Å². The maximum absolute atomic E-state index is 9.19. The maximum Gasteiger partial charge on any atom is 0.242 e. The molecule has 14 heavy (non-hydrogen) atoms. The van der Waals surface area contributed by atoms with Gasteiger partial charge in [0.2, 0.25) is 5.69 Å². The Kier molecular flexibility index (Phi) is 6.63. The zero-order valence-corrected chi connectivity index (χ0v) is 12.7. The normalized spacial score (nSPS) is 21.7. The van der Waals surface area contributed by atoms with Crippen molar-refractivity contribution >= 4 is 57.4 Å². The topological polar surface area (TPSA) is 53.2 Å². The Hall–Kier alpha value is 1.24. The molecule has 3 nitrogen and oxygen atoms in total. The predicted molar refractivity (Wildman–Crippen MR) is 71.4 cm³/mol. The van der Waals surface area contributed by atoms with E-state index in [1.54, 1.807) is 13.8 Å². The Balaban J connectivity index is 4.26. The van der Waals surface area contributed by atoms with Gasteiger partial charge in [0.1, 0.15) is 10.2 Å². The molecule has 82 valence electrons. The fourth-order valence-electron chi connectivity index (χ4n) is 0.669. The van der Waals surface area contributed by atoms with Crippen LogP contribution in [0.2, 0.25) is 0 Å². The Morgan fingerprint density at radius 2 is 2.43 bits per heavy atom. The molecule has 0 saturated carbocycles. The molecule has 8 heteroatoms. The summed E-state index contributed by atoms with van der Waals surface area (Å²) in [5.41, 5.74) is -3.30. The average molecular weight is 336 g/mol. The van der Waals surface area contributed by atoms with E-state index in [0.29, 0.717) is 5.33 Å². The van der Waals surface area contributed by atoms with Gasteiger partial charge in [-0.1, -0.05) is 28.2 Å². The van der Waals surface area contributed by atoms with Crippen molar-refractivity contribution in [3.63, 3.8) is 0 Å². The van der Waals surface area contributed by atoms with Gasteiger partial charge in [-0.3, -0.25) is 0 Å². The van der Waals surface area contributed by atoms with Crippen molar-refractivity contribution in [3.8, 4) is 6.07 Å². The number of hydrogen-bond acceptors (Lipinski definition) is 4. The molecule has 0 aliphatic heterocycles. The summed E-state index contributed by atoms with van der Waals surface area (Å²) in [6.07, 6.45) is 0. The minimum atomic E-state index is -2.95. The third-order valence-corrected chi connectivity index (χ3v) is 5.15. The summed E-state index contributed by atoms with van der Waals surface area (Å²) in [6, 6.07) is 2.15. The van der Waals surface area contributed by atoms with Gasteiger partial charge in [-0.2, -0.15) is 5.26 Å². The van der Waals surface area contributed by atoms with Crippen LogP contribution in [0.4, 0.5) is 0 Å². The highest BCUT2D eigenvalue weighted by atomic mass is 79.9. The first-order valence-electron chi connectivity index (χ1n) is 3.61. The third kappa shape index (κ3) is 6.67. The molecule has 0 aromatic heterocycles. The number of alkyl halides is 1. The van der Waals surface area contributed by atoms with E-state index in [0.717, 1.165) is 0 Å². The van der Waals surface area contributed by atoms with E-state index < -0.39 is 10.4 Å². The molecule has 0 spiro atoms. The smallest absolute Gasteiger partial charge is 0.242 e. The minimum Gasteiger partial charge on any atom is -0.338 e. The fraction of sp³-hybridized carbons (Fsp3) is 0.833. The minimum absolute atomic E-state index is 0.356. The first-order valence-corrected chi connectivity index (χ1v) is 9.44. The lowest BCUT2D eigenvalue weighted by molar-refractivity contribution is 0.310. The lowest BCUT2D eigenvalue weighted by atomic mass is 10.2. The monoisotopic (exact) mass is 335 g/mol. The van der Waals surface area contributed by atoms with Gasteiger partial charge in [-0.15, -0.1) is 11.8 Å². The van der Waals surface area contributed by atoms with E-state index >= 15 is 0 Å². The van der Waals surface area contributed by atoms with Crippen LogP contribution in [0.15, 0.2) is 0 Å². The SMILES string of the molecule is CC(OP(O)(=S)S)SC(C)(C#N)CBr. The molecule has 0 radical (unpaired) electrons. The number of rotatable bonds is 5. The van der Waals surface area contributed by atoms with Crippen LogP contribution in [0.3, 0.4) is 0 Å². The lowest BCUT2D eigenvalue weighted by Crippen LogP contribution is -2.23. The van der Waals surface area contributed by atoms with Gasteiger partial charge < -0.3 is 9.42 Å². The second-order valence-electron chi connectivity index (χ2n) is 2.76. The highest BCUT2D eigenvalue weighted by Gasteiger charge is 2.28. The van der Waals surface area contributed by atoms with Crippen LogP contribution in [0.1, 0.15) is 13.8 Å². The van der Waals surface area contributed by atoms with Crippen molar-refractivity contribution in [2.75, 3.05) is 5.33 Å². The molecule has 0 saturated heterocycles. The third-order valence-electron chi connectivity index (χ3n) is 1.20. The number of nitrogens with zero attached hydrogens (tertiary/aromatic N) is 1. The molecule has 0 amide bonds. The zero-order chi connectivity index (χ0) is 11.4. The number of thiol groups is 1. The van der Waals surface area contributed by atoms with Gasteiger partial charge in [0, 0.05) is 5.33 Å². The molecule has 0 fully saturated rings. The average Bonchev–Trinajstić information content (AvgIpc) is 2.00. The van der Waals surface area contributed by atoms with Crippen LogP contribution >= 0.6 is 45.6 Å². The van der Waals surface area contributed by atoms with Crippen LogP contribution in [0.25, 0.3) is 0 Å². The molecular formula is C6H11BrNO2PS3. The fourth-order valence-corrected chi connectivity index (χ4v) is 4.14. The summed E-state index contributed by atoms with van der Waals surface area (Å²) in [7, 11) is 0. The van der Waals surface area contributed by atoms with Crippen molar-refractivity contribution in [1.82, 2.24) is 0 Å². The van der Waals surface area contributed by atoms with Gasteiger partial charge >= 0.3 is 0 Å². The van der Waals surface area contributed by atoms with Crippen molar-refractivity contribution in [2.45, 2.75) is 24.0 Å². The van der Waals surface area contributed by atoms with Crippen molar-refractivity contribution in [2.24, 2.45) is 0 Å². The molecular weight excluding hydrogens is 325 g/mol. The summed E-state index contributed by atoms with van der Waals surface area (Å²) in [4.78, 5) is 9.19. The largest absolute Gasteiger partial charge is 0.338 e. The van der Waals surface area contributed by atoms with E-state index in [1.165, 1.54) is 11.8 Å². The van der Waals surface area contributed by atoms with Crippen LogP contribution in [0, 0.1) is 11.3 Å². The van der Waals surface area contributed by atoms with Crippen molar-refractivity contribution < 1.29 is 9.42 Å². The van der Waals surface area contributed by atoms with Crippen molar-refractivity contribution in [3.05, 3.63) is 0 Å². The summed E-state index contributed by atoms with van der Waals surface area (Å²) in [5.74, 6) is 0. The molecule has 0 aromatic rings.